The summed E-state index contributed by atoms with van der Waals surface area (Å²) >= 11 is 0. The minimum absolute atomic E-state index is 1.09. The second-order valence-corrected chi connectivity index (χ2v) is 7.19. The van der Waals surface area contributed by atoms with Gasteiger partial charge in [-0.3, -0.25) is 0 Å². The first kappa shape index (κ1) is 27.1. The Kier molecular flexibility index (Phi) is 25.2. The van der Waals surface area contributed by atoms with Crippen LogP contribution in [0.15, 0.2) is 36.4 Å². The molecule has 0 spiro atoms. The van der Waals surface area contributed by atoms with Gasteiger partial charge in [0.25, 0.3) is 0 Å². The van der Waals surface area contributed by atoms with E-state index < -0.39 is 0 Å². The molecule has 3 aliphatic rings. The van der Waals surface area contributed by atoms with Crippen molar-refractivity contribution in [3.05, 3.63) is 36.4 Å². The number of hydrogen-bond donors (Lipinski definition) is 4. The summed E-state index contributed by atoms with van der Waals surface area (Å²) < 4.78 is 0. The van der Waals surface area contributed by atoms with Crippen LogP contribution in [0.4, 0.5) is 0 Å². The summed E-state index contributed by atoms with van der Waals surface area (Å²) in [6.45, 7) is 13.9. The Balaban J connectivity index is 0.000000327. The van der Waals surface area contributed by atoms with Crippen LogP contribution in [0.5, 0.6) is 0 Å². The zero-order valence-corrected chi connectivity index (χ0v) is 18.8. The fourth-order valence-corrected chi connectivity index (χ4v) is 2.86. The van der Waals surface area contributed by atoms with E-state index in [1.807, 2.05) is 36.4 Å². The molecule has 4 rings (SSSR count). The van der Waals surface area contributed by atoms with Gasteiger partial charge in [0.2, 0.25) is 0 Å². The van der Waals surface area contributed by atoms with Gasteiger partial charge in [-0.15, -0.1) is 0 Å². The molecule has 0 aromatic heterocycles. The van der Waals surface area contributed by atoms with Crippen LogP contribution in [-0.4, -0.2) is 52.4 Å². The minimum Gasteiger partial charge on any atom is -0.317 e. The van der Waals surface area contributed by atoms with Crippen LogP contribution >= 0.6 is 0 Å². The third-order valence-corrected chi connectivity index (χ3v) is 4.54. The van der Waals surface area contributed by atoms with Crippen molar-refractivity contribution in [3.8, 4) is 0 Å². The first-order valence-electron chi connectivity index (χ1n) is 11.7. The third-order valence-electron chi connectivity index (χ3n) is 4.54. The Hall–Kier alpha value is -0.940. The van der Waals surface area contributed by atoms with E-state index in [4.69, 9.17) is 0 Å². The first-order valence-corrected chi connectivity index (χ1v) is 11.7. The SMILES string of the molecule is C1CCNC1.C1CCNCC1.C1CCNCC1.CCNCC.c1ccccc1. The molecule has 4 nitrogen and oxygen atoms in total. The summed E-state index contributed by atoms with van der Waals surface area (Å²) in [5.41, 5.74) is 0. The van der Waals surface area contributed by atoms with E-state index in [0.29, 0.717) is 0 Å². The lowest BCUT2D eigenvalue weighted by Crippen LogP contribution is -2.21. The van der Waals surface area contributed by atoms with Crippen LogP contribution in [0.1, 0.15) is 65.2 Å². The van der Waals surface area contributed by atoms with Crippen molar-refractivity contribution in [1.29, 1.82) is 0 Å². The van der Waals surface area contributed by atoms with Crippen molar-refractivity contribution < 1.29 is 0 Å². The van der Waals surface area contributed by atoms with Crippen LogP contribution in [0.3, 0.4) is 0 Å². The molecule has 164 valence electrons. The van der Waals surface area contributed by atoms with Crippen LogP contribution < -0.4 is 21.3 Å². The number of benzene rings is 1. The molecule has 0 amide bonds. The number of rotatable bonds is 2. The van der Waals surface area contributed by atoms with Crippen molar-refractivity contribution in [2.45, 2.75) is 65.2 Å². The van der Waals surface area contributed by atoms with Crippen LogP contribution in [0, 0.1) is 0 Å². The Morgan fingerprint density at radius 3 is 0.821 bits per heavy atom. The van der Waals surface area contributed by atoms with E-state index in [1.54, 1.807) is 0 Å². The number of nitrogens with one attached hydrogen (secondary N) is 4. The zero-order chi connectivity index (χ0) is 20.4. The van der Waals surface area contributed by atoms with Gasteiger partial charge in [0.1, 0.15) is 0 Å². The lowest BCUT2D eigenvalue weighted by atomic mass is 10.2. The van der Waals surface area contributed by atoms with Gasteiger partial charge in [-0.25, -0.2) is 0 Å². The van der Waals surface area contributed by atoms with Crippen molar-refractivity contribution in [1.82, 2.24) is 21.3 Å². The quantitative estimate of drug-likeness (QED) is 0.609. The van der Waals surface area contributed by atoms with Crippen LogP contribution in [0.25, 0.3) is 0 Å². The predicted octanol–water partition coefficient (Wildman–Crippen LogP) is 4.19. The smallest absolute Gasteiger partial charge is 0.00484 e. The van der Waals surface area contributed by atoms with E-state index in [9.17, 15) is 0 Å². The molecule has 28 heavy (non-hydrogen) atoms. The van der Waals surface area contributed by atoms with Crippen LogP contribution in [0.2, 0.25) is 0 Å². The summed E-state index contributed by atoms with van der Waals surface area (Å²) in [7, 11) is 0. The monoisotopic (exact) mass is 392 g/mol. The molecule has 3 heterocycles. The molecule has 1 aromatic carbocycles. The highest BCUT2D eigenvalue weighted by Crippen LogP contribution is 1.97. The summed E-state index contributed by atoms with van der Waals surface area (Å²) in [6.07, 6.45) is 11.2. The molecule has 0 aliphatic carbocycles. The average molecular weight is 393 g/mol. The Labute approximate surface area is 175 Å². The van der Waals surface area contributed by atoms with E-state index >= 15 is 0 Å². The molecular weight excluding hydrogens is 344 g/mol. The maximum Gasteiger partial charge on any atom is -0.00484 e. The summed E-state index contributed by atoms with van der Waals surface area (Å²) in [5.74, 6) is 0. The molecule has 0 radical (unpaired) electrons. The van der Waals surface area contributed by atoms with Crippen molar-refractivity contribution in [2.75, 3.05) is 52.4 Å². The minimum atomic E-state index is 1.09. The van der Waals surface area contributed by atoms with E-state index in [1.165, 1.54) is 90.6 Å². The van der Waals surface area contributed by atoms with Gasteiger partial charge in [0, 0.05) is 0 Å². The molecular formula is C24H48N4. The molecule has 1 aromatic rings. The second-order valence-electron chi connectivity index (χ2n) is 7.19. The average Bonchev–Trinajstić information content (AvgIpc) is 3.40. The fourth-order valence-electron chi connectivity index (χ4n) is 2.86. The highest BCUT2D eigenvalue weighted by atomic mass is 14.9. The topological polar surface area (TPSA) is 48.1 Å². The summed E-state index contributed by atoms with van der Waals surface area (Å²) in [5, 5.41) is 12.9. The molecule has 0 saturated carbocycles. The third kappa shape index (κ3) is 25.1. The molecule has 4 N–H and O–H groups in total. The predicted molar refractivity (Wildman–Crippen MR) is 126 cm³/mol. The second kappa shape index (κ2) is 26.1. The van der Waals surface area contributed by atoms with Gasteiger partial charge in [0.15, 0.2) is 0 Å². The van der Waals surface area contributed by atoms with E-state index in [-0.39, 0.29) is 0 Å². The molecule has 3 saturated heterocycles. The van der Waals surface area contributed by atoms with Crippen LogP contribution in [-0.2, 0) is 0 Å². The lowest BCUT2D eigenvalue weighted by molar-refractivity contribution is 0.520. The van der Waals surface area contributed by atoms with E-state index in [0.717, 1.165) is 13.1 Å². The molecule has 3 fully saturated rings. The number of hydrogen-bond acceptors (Lipinski definition) is 4. The molecule has 0 bridgehead atoms. The largest absolute Gasteiger partial charge is 0.317 e. The van der Waals surface area contributed by atoms with Gasteiger partial charge >= 0.3 is 0 Å². The Bertz CT molecular complexity index is 276. The zero-order valence-electron chi connectivity index (χ0n) is 18.8. The first-order chi connectivity index (χ1) is 13.9. The summed E-state index contributed by atoms with van der Waals surface area (Å²) in [4.78, 5) is 0. The highest BCUT2D eigenvalue weighted by Gasteiger charge is 1.94. The van der Waals surface area contributed by atoms with Crippen molar-refractivity contribution in [2.24, 2.45) is 0 Å². The van der Waals surface area contributed by atoms with Gasteiger partial charge < -0.3 is 21.3 Å². The molecule has 4 heteroatoms. The van der Waals surface area contributed by atoms with Crippen molar-refractivity contribution >= 4 is 0 Å². The highest BCUT2D eigenvalue weighted by molar-refractivity contribution is 4.99. The lowest BCUT2D eigenvalue weighted by Gasteiger charge is -2.08. The Morgan fingerprint density at radius 2 is 0.714 bits per heavy atom. The maximum atomic E-state index is 3.28. The summed E-state index contributed by atoms with van der Waals surface area (Å²) in [6, 6.07) is 12.0. The fraction of sp³-hybridized carbons (Fsp3) is 0.750. The van der Waals surface area contributed by atoms with Gasteiger partial charge in [-0.2, -0.15) is 0 Å². The molecule has 3 aliphatic heterocycles. The van der Waals surface area contributed by atoms with Gasteiger partial charge in [0.05, 0.1) is 0 Å². The van der Waals surface area contributed by atoms with Gasteiger partial charge in [-0.05, 0) is 90.9 Å². The van der Waals surface area contributed by atoms with Gasteiger partial charge in [-0.1, -0.05) is 63.1 Å². The van der Waals surface area contributed by atoms with E-state index in [2.05, 4.69) is 35.1 Å². The molecule has 0 atom stereocenters. The molecule has 0 unspecified atom stereocenters. The Morgan fingerprint density at radius 1 is 0.464 bits per heavy atom. The standard InChI is InChI=1S/C6H6.2C5H11N.C4H9N.C4H11N/c3*1-2-4-6-5-3-1;1-2-4-5-3-1;1-3-5-4-2/h1-6H;2*6H,1-5H2;5H,1-4H2;5H,3-4H2,1-2H3. The normalized spacial score (nSPS) is 17.8. The maximum absolute atomic E-state index is 3.28. The number of piperidine rings is 2. The van der Waals surface area contributed by atoms with Crippen molar-refractivity contribution in [3.63, 3.8) is 0 Å².